The molecule has 2 N–H and O–H groups in total. The average Bonchev–Trinajstić information content (AvgIpc) is 2.96. The summed E-state index contributed by atoms with van der Waals surface area (Å²) in [5.74, 6) is 0.881. The van der Waals surface area contributed by atoms with Crippen LogP contribution in [0.25, 0.3) is 22.6 Å². The van der Waals surface area contributed by atoms with Gasteiger partial charge in [0.2, 0.25) is 0 Å². The van der Waals surface area contributed by atoms with Crippen LogP contribution in [0.4, 0.5) is 0 Å². The average molecular weight is 241 g/mol. The normalized spacial score (nSPS) is 11.2. The number of nitrogens with two attached hydrogens (primary N) is 1. The van der Waals surface area contributed by atoms with Crippen LogP contribution in [0.3, 0.4) is 0 Å². The minimum atomic E-state index is 0.609. The third-order valence-electron chi connectivity index (χ3n) is 3.04. The van der Waals surface area contributed by atoms with Crippen LogP contribution in [0.5, 0.6) is 0 Å². The van der Waals surface area contributed by atoms with Gasteiger partial charge in [-0.1, -0.05) is 12.1 Å². The number of imidazole rings is 2. The minimum Gasteiger partial charge on any atom is -0.335 e. The molecule has 2 aromatic heterocycles. The van der Waals surface area contributed by atoms with E-state index in [1.165, 1.54) is 0 Å². The van der Waals surface area contributed by atoms with Gasteiger partial charge in [-0.3, -0.25) is 0 Å². The first kappa shape index (κ1) is 11.0. The topological polar surface area (TPSA) is 61.7 Å². The van der Waals surface area contributed by atoms with Crippen molar-refractivity contribution in [2.24, 2.45) is 12.8 Å². The predicted molar refractivity (Wildman–Crippen MR) is 71.0 cm³/mol. The summed E-state index contributed by atoms with van der Waals surface area (Å²) in [6, 6.07) is 8.07. The first-order chi connectivity index (χ1) is 8.79. The second-order valence-electron chi connectivity index (χ2n) is 4.27. The smallest absolute Gasteiger partial charge is 0.161 e. The number of rotatable bonds is 3. The number of para-hydroxylation sites is 2. The van der Waals surface area contributed by atoms with E-state index in [0.29, 0.717) is 6.54 Å². The van der Waals surface area contributed by atoms with Gasteiger partial charge in [-0.15, -0.1) is 0 Å². The molecule has 3 rings (SSSR count). The van der Waals surface area contributed by atoms with E-state index in [0.717, 1.165) is 29.1 Å². The molecule has 0 amide bonds. The second-order valence-corrected chi connectivity index (χ2v) is 4.27. The van der Waals surface area contributed by atoms with E-state index in [2.05, 4.69) is 20.6 Å². The minimum absolute atomic E-state index is 0.609. The zero-order chi connectivity index (χ0) is 12.5. The molecule has 0 atom stereocenters. The van der Waals surface area contributed by atoms with Gasteiger partial charge in [0.1, 0.15) is 5.69 Å². The second kappa shape index (κ2) is 4.27. The molecule has 1 aromatic carbocycles. The number of hydrogen-bond donors (Lipinski definition) is 1. The zero-order valence-electron chi connectivity index (χ0n) is 10.2. The summed E-state index contributed by atoms with van der Waals surface area (Å²) in [7, 11) is 2.01. The van der Waals surface area contributed by atoms with Crippen LogP contribution < -0.4 is 5.73 Å². The van der Waals surface area contributed by atoms with Gasteiger partial charge in [-0.25, -0.2) is 9.97 Å². The van der Waals surface area contributed by atoms with Gasteiger partial charge in [-0.2, -0.15) is 0 Å². The molecule has 5 nitrogen and oxygen atoms in total. The molecule has 18 heavy (non-hydrogen) atoms. The van der Waals surface area contributed by atoms with Crippen molar-refractivity contribution in [3.63, 3.8) is 0 Å². The molecule has 0 radical (unpaired) electrons. The highest BCUT2D eigenvalue weighted by Gasteiger charge is 2.11. The third kappa shape index (κ3) is 1.69. The van der Waals surface area contributed by atoms with Gasteiger partial charge >= 0.3 is 0 Å². The molecule has 2 heterocycles. The fourth-order valence-electron chi connectivity index (χ4n) is 2.12. The maximum absolute atomic E-state index is 5.53. The number of aryl methyl sites for hydroxylation is 1. The summed E-state index contributed by atoms with van der Waals surface area (Å²) < 4.78 is 4.04. The van der Waals surface area contributed by atoms with E-state index in [-0.39, 0.29) is 0 Å². The van der Waals surface area contributed by atoms with Gasteiger partial charge in [0.25, 0.3) is 0 Å². The first-order valence-corrected chi connectivity index (χ1v) is 5.93. The molecule has 0 aliphatic carbocycles. The predicted octanol–water partition coefficient (Wildman–Crippen LogP) is 1.40. The van der Waals surface area contributed by atoms with Crippen molar-refractivity contribution in [2.75, 3.05) is 6.54 Å². The molecule has 0 unspecified atom stereocenters. The molecule has 3 aromatic rings. The Bertz CT molecular complexity index is 680. The Hall–Kier alpha value is -2.14. The van der Waals surface area contributed by atoms with Crippen molar-refractivity contribution in [2.45, 2.75) is 6.54 Å². The fourth-order valence-corrected chi connectivity index (χ4v) is 2.12. The summed E-state index contributed by atoms with van der Waals surface area (Å²) in [6.45, 7) is 1.38. The number of aromatic nitrogens is 4. The molecule has 0 saturated carbocycles. The number of fused-ring (bicyclic) bond motifs is 1. The SMILES string of the molecule is Cn1c(-c2cn(CCN)cn2)nc2ccccc21. The summed E-state index contributed by atoms with van der Waals surface area (Å²) >= 11 is 0. The Kier molecular flexibility index (Phi) is 2.60. The molecule has 92 valence electrons. The lowest BCUT2D eigenvalue weighted by molar-refractivity contribution is 0.708. The highest BCUT2D eigenvalue weighted by molar-refractivity contribution is 5.79. The van der Waals surface area contributed by atoms with Crippen LogP contribution in [0.2, 0.25) is 0 Å². The Balaban J connectivity index is 2.10. The van der Waals surface area contributed by atoms with E-state index < -0.39 is 0 Å². The molecular formula is C13H15N5. The summed E-state index contributed by atoms with van der Waals surface area (Å²) in [6.07, 6.45) is 3.77. The monoisotopic (exact) mass is 241 g/mol. The van der Waals surface area contributed by atoms with Crippen molar-refractivity contribution in [1.82, 2.24) is 19.1 Å². The first-order valence-electron chi connectivity index (χ1n) is 5.93. The van der Waals surface area contributed by atoms with Crippen LogP contribution >= 0.6 is 0 Å². The van der Waals surface area contributed by atoms with Gasteiger partial charge in [0.05, 0.1) is 17.4 Å². The van der Waals surface area contributed by atoms with E-state index in [4.69, 9.17) is 5.73 Å². The molecule has 5 heteroatoms. The van der Waals surface area contributed by atoms with Crippen LogP contribution in [0.15, 0.2) is 36.8 Å². The van der Waals surface area contributed by atoms with Crippen LogP contribution in [-0.4, -0.2) is 25.6 Å². The van der Waals surface area contributed by atoms with Gasteiger partial charge < -0.3 is 14.9 Å². The van der Waals surface area contributed by atoms with Gasteiger partial charge in [0.15, 0.2) is 5.82 Å². The largest absolute Gasteiger partial charge is 0.335 e. The van der Waals surface area contributed by atoms with Crippen molar-refractivity contribution >= 4 is 11.0 Å². The molecular weight excluding hydrogens is 226 g/mol. The standard InChI is InChI=1S/C13H15N5/c1-17-12-5-3-2-4-10(12)16-13(17)11-8-18(7-6-14)9-15-11/h2-5,8-9H,6-7,14H2,1H3. The Morgan fingerprint density at radius 1 is 1.28 bits per heavy atom. The summed E-state index contributed by atoms with van der Waals surface area (Å²) in [4.78, 5) is 9.00. The van der Waals surface area contributed by atoms with Gasteiger partial charge in [0, 0.05) is 26.3 Å². The van der Waals surface area contributed by atoms with E-state index in [1.807, 2.05) is 36.0 Å². The molecule has 0 aliphatic heterocycles. The van der Waals surface area contributed by atoms with Crippen molar-refractivity contribution < 1.29 is 0 Å². The Morgan fingerprint density at radius 2 is 2.11 bits per heavy atom. The maximum Gasteiger partial charge on any atom is 0.161 e. The lowest BCUT2D eigenvalue weighted by Gasteiger charge is -1.98. The lowest BCUT2D eigenvalue weighted by atomic mass is 10.3. The summed E-state index contributed by atoms with van der Waals surface area (Å²) in [5, 5.41) is 0. The third-order valence-corrected chi connectivity index (χ3v) is 3.04. The highest BCUT2D eigenvalue weighted by atomic mass is 15.1. The molecule has 0 fully saturated rings. The molecule has 0 bridgehead atoms. The highest BCUT2D eigenvalue weighted by Crippen LogP contribution is 2.21. The van der Waals surface area contributed by atoms with E-state index in [1.54, 1.807) is 6.33 Å². The van der Waals surface area contributed by atoms with E-state index >= 15 is 0 Å². The van der Waals surface area contributed by atoms with Gasteiger partial charge in [-0.05, 0) is 12.1 Å². The number of hydrogen-bond acceptors (Lipinski definition) is 3. The number of nitrogens with zero attached hydrogens (tertiary/aromatic N) is 4. The van der Waals surface area contributed by atoms with Crippen molar-refractivity contribution in [3.05, 3.63) is 36.8 Å². The Morgan fingerprint density at radius 3 is 2.89 bits per heavy atom. The zero-order valence-corrected chi connectivity index (χ0v) is 10.2. The number of benzene rings is 1. The Labute approximate surface area is 105 Å². The summed E-state index contributed by atoms with van der Waals surface area (Å²) in [5.41, 5.74) is 8.51. The van der Waals surface area contributed by atoms with Crippen molar-refractivity contribution in [1.29, 1.82) is 0 Å². The van der Waals surface area contributed by atoms with Crippen LogP contribution in [0, 0.1) is 0 Å². The van der Waals surface area contributed by atoms with Crippen LogP contribution in [0.1, 0.15) is 0 Å². The van der Waals surface area contributed by atoms with Crippen molar-refractivity contribution in [3.8, 4) is 11.5 Å². The quantitative estimate of drug-likeness (QED) is 0.754. The maximum atomic E-state index is 5.53. The molecule has 0 saturated heterocycles. The molecule has 0 spiro atoms. The fraction of sp³-hybridized carbons (Fsp3) is 0.231. The lowest BCUT2D eigenvalue weighted by Crippen LogP contribution is -2.07. The van der Waals surface area contributed by atoms with Crippen LogP contribution in [-0.2, 0) is 13.6 Å². The molecule has 0 aliphatic rings. The van der Waals surface area contributed by atoms with E-state index in [9.17, 15) is 0 Å².